The molecule has 2 heterocycles. The van der Waals surface area contributed by atoms with Gasteiger partial charge < -0.3 is 10.0 Å². The van der Waals surface area contributed by atoms with Crippen LogP contribution < -0.4 is 4.90 Å². The molecule has 1 aromatic heterocycles. The number of alkyl halides is 3. The van der Waals surface area contributed by atoms with Crippen molar-refractivity contribution < 1.29 is 18.3 Å². The summed E-state index contributed by atoms with van der Waals surface area (Å²) in [5.74, 6) is 0. The van der Waals surface area contributed by atoms with Crippen molar-refractivity contribution in [2.24, 2.45) is 0 Å². The average Bonchev–Trinajstić information content (AvgIpc) is 2.96. The molecule has 0 radical (unpaired) electrons. The summed E-state index contributed by atoms with van der Waals surface area (Å²) >= 11 is 0. The predicted octanol–water partition coefficient (Wildman–Crippen LogP) is 3.28. The Bertz CT molecular complexity index is 768. The van der Waals surface area contributed by atoms with Crippen LogP contribution in [-0.2, 0) is 6.18 Å². The molecule has 3 rings (SSSR count). The number of aromatic nitrogens is 1. The van der Waals surface area contributed by atoms with E-state index in [1.165, 1.54) is 12.3 Å². The number of hydrogen-bond donors (Lipinski definition) is 1. The third-order valence-corrected chi connectivity index (χ3v) is 4.07. The van der Waals surface area contributed by atoms with E-state index in [9.17, 15) is 18.3 Å². The van der Waals surface area contributed by atoms with Crippen LogP contribution in [0.1, 0.15) is 29.3 Å². The highest BCUT2D eigenvalue weighted by Crippen LogP contribution is 2.38. The number of pyridine rings is 1. The van der Waals surface area contributed by atoms with Gasteiger partial charge in [-0.3, -0.25) is 0 Å². The van der Waals surface area contributed by atoms with Gasteiger partial charge in [0.1, 0.15) is 11.8 Å². The fourth-order valence-corrected chi connectivity index (χ4v) is 2.96. The maximum atomic E-state index is 12.9. The third kappa shape index (κ3) is 3.19. The molecule has 0 spiro atoms. The Morgan fingerprint density at radius 1 is 1.25 bits per heavy atom. The molecule has 0 amide bonds. The molecule has 2 aromatic rings. The quantitative estimate of drug-likeness (QED) is 0.916. The largest absolute Gasteiger partial charge is 0.416 e. The molecule has 0 unspecified atom stereocenters. The number of benzene rings is 1. The molecule has 0 bridgehead atoms. The van der Waals surface area contributed by atoms with Gasteiger partial charge in [-0.25, -0.2) is 4.98 Å². The van der Waals surface area contributed by atoms with E-state index >= 15 is 0 Å². The molecule has 0 saturated carbocycles. The van der Waals surface area contributed by atoms with Crippen molar-refractivity contribution >= 4 is 5.69 Å². The van der Waals surface area contributed by atoms with Crippen molar-refractivity contribution in [2.45, 2.75) is 24.7 Å². The average molecular weight is 333 g/mol. The highest BCUT2D eigenvalue weighted by atomic mass is 19.4. The van der Waals surface area contributed by atoms with E-state index in [2.05, 4.69) is 4.98 Å². The molecule has 1 aliphatic heterocycles. The van der Waals surface area contributed by atoms with Crippen LogP contribution in [0.3, 0.4) is 0 Å². The lowest BCUT2D eigenvalue weighted by atomic mass is 10.0. The number of rotatable bonds is 2. The summed E-state index contributed by atoms with van der Waals surface area (Å²) < 4.78 is 38.8. The number of nitrogens with zero attached hydrogens (tertiary/aromatic N) is 3. The smallest absolute Gasteiger partial charge is 0.391 e. The Hall–Kier alpha value is -2.59. The first-order valence-corrected chi connectivity index (χ1v) is 7.36. The van der Waals surface area contributed by atoms with E-state index in [-0.39, 0.29) is 11.7 Å². The van der Waals surface area contributed by atoms with Crippen molar-refractivity contribution in [1.82, 2.24) is 4.98 Å². The number of anilines is 1. The Morgan fingerprint density at radius 2 is 2.04 bits per heavy atom. The molecule has 1 aliphatic rings. The Labute approximate surface area is 136 Å². The molecule has 1 fully saturated rings. The molecule has 7 heteroatoms. The molecule has 124 valence electrons. The number of aliphatic hydroxyl groups is 1. The van der Waals surface area contributed by atoms with Crippen LogP contribution in [0.5, 0.6) is 0 Å². The van der Waals surface area contributed by atoms with Crippen LogP contribution in [0.2, 0.25) is 0 Å². The monoisotopic (exact) mass is 333 g/mol. The minimum Gasteiger partial charge on any atom is -0.391 e. The molecule has 2 atom stereocenters. The summed E-state index contributed by atoms with van der Waals surface area (Å²) in [6.07, 6.45) is -3.22. The highest BCUT2D eigenvalue weighted by Gasteiger charge is 2.35. The summed E-state index contributed by atoms with van der Waals surface area (Å²) in [4.78, 5) is 5.80. The minimum absolute atomic E-state index is 0.258. The van der Waals surface area contributed by atoms with Crippen LogP contribution in [-0.4, -0.2) is 22.7 Å². The van der Waals surface area contributed by atoms with Gasteiger partial charge in [0.25, 0.3) is 0 Å². The second-order valence-corrected chi connectivity index (χ2v) is 5.69. The van der Waals surface area contributed by atoms with Crippen LogP contribution >= 0.6 is 0 Å². The van der Waals surface area contributed by atoms with E-state index in [0.717, 1.165) is 12.1 Å². The fraction of sp³-hybridized carbons (Fsp3) is 0.294. The number of aliphatic hydroxyl groups excluding tert-OH is 1. The standard InChI is InChI=1S/C17H14F3N3O/c18-17(19,20)12-3-1-2-11(6-12)16-7-15(24)10-23(16)14-5-4-13(8-21)22-9-14/h1-6,9,15-16,24H,7,10H2/t15-,16-/m0/s1. The molecule has 4 nitrogen and oxygen atoms in total. The first-order valence-electron chi connectivity index (χ1n) is 7.36. The van der Waals surface area contributed by atoms with Gasteiger partial charge in [-0.1, -0.05) is 12.1 Å². The van der Waals surface area contributed by atoms with Crippen LogP contribution in [0.4, 0.5) is 18.9 Å². The van der Waals surface area contributed by atoms with Crippen molar-refractivity contribution in [3.63, 3.8) is 0 Å². The highest BCUT2D eigenvalue weighted by molar-refractivity contribution is 5.50. The van der Waals surface area contributed by atoms with Gasteiger partial charge in [0, 0.05) is 6.54 Å². The Morgan fingerprint density at radius 3 is 2.67 bits per heavy atom. The van der Waals surface area contributed by atoms with E-state index < -0.39 is 17.8 Å². The van der Waals surface area contributed by atoms with E-state index in [0.29, 0.717) is 24.2 Å². The normalized spacial score (nSPS) is 20.9. The molecule has 0 aliphatic carbocycles. The maximum absolute atomic E-state index is 12.9. The van der Waals surface area contributed by atoms with Crippen LogP contribution in [0.25, 0.3) is 0 Å². The second-order valence-electron chi connectivity index (χ2n) is 5.69. The first kappa shape index (κ1) is 16.3. The molecular formula is C17H14F3N3O. The summed E-state index contributed by atoms with van der Waals surface area (Å²) in [5, 5.41) is 18.8. The van der Waals surface area contributed by atoms with Crippen molar-refractivity contribution in [3.05, 3.63) is 59.4 Å². The lowest BCUT2D eigenvalue weighted by Gasteiger charge is -2.27. The maximum Gasteiger partial charge on any atom is 0.416 e. The Kier molecular flexibility index (Phi) is 4.16. The minimum atomic E-state index is -4.41. The summed E-state index contributed by atoms with van der Waals surface area (Å²) in [7, 11) is 0. The lowest BCUT2D eigenvalue weighted by molar-refractivity contribution is -0.137. The van der Waals surface area contributed by atoms with Crippen molar-refractivity contribution in [1.29, 1.82) is 5.26 Å². The van der Waals surface area contributed by atoms with Gasteiger partial charge in [0.2, 0.25) is 0 Å². The SMILES string of the molecule is N#Cc1ccc(N2C[C@@H](O)C[C@H]2c2cccc(C(F)(F)F)c2)cn1. The topological polar surface area (TPSA) is 60.2 Å². The fourth-order valence-electron chi connectivity index (χ4n) is 2.96. The summed E-state index contributed by atoms with van der Waals surface area (Å²) in [6, 6.07) is 9.92. The lowest BCUT2D eigenvalue weighted by Crippen LogP contribution is -2.24. The van der Waals surface area contributed by atoms with E-state index in [1.807, 2.05) is 11.0 Å². The number of β-amino-alcohol motifs (C(OH)–C–C–N with tert-alkyl or cyclic N) is 1. The van der Waals surface area contributed by atoms with Gasteiger partial charge in [0.05, 0.1) is 29.6 Å². The zero-order valence-electron chi connectivity index (χ0n) is 12.5. The summed E-state index contributed by atoms with van der Waals surface area (Å²) in [6.45, 7) is 0.300. The van der Waals surface area contributed by atoms with Crippen molar-refractivity contribution in [3.8, 4) is 6.07 Å². The molecule has 1 N–H and O–H groups in total. The Balaban J connectivity index is 1.95. The molecule has 24 heavy (non-hydrogen) atoms. The second kappa shape index (κ2) is 6.13. The van der Waals surface area contributed by atoms with Gasteiger partial charge in [0.15, 0.2) is 0 Å². The van der Waals surface area contributed by atoms with Gasteiger partial charge in [-0.15, -0.1) is 0 Å². The first-order chi connectivity index (χ1) is 11.4. The van der Waals surface area contributed by atoms with Gasteiger partial charge >= 0.3 is 6.18 Å². The third-order valence-electron chi connectivity index (χ3n) is 4.07. The van der Waals surface area contributed by atoms with Gasteiger partial charge in [-0.05, 0) is 36.2 Å². The zero-order valence-corrected chi connectivity index (χ0v) is 12.5. The molecule has 1 aromatic carbocycles. The van der Waals surface area contributed by atoms with Crippen LogP contribution in [0, 0.1) is 11.3 Å². The van der Waals surface area contributed by atoms with Gasteiger partial charge in [-0.2, -0.15) is 18.4 Å². The number of hydrogen-bond acceptors (Lipinski definition) is 4. The summed E-state index contributed by atoms with van der Waals surface area (Å²) in [5.41, 5.74) is 0.701. The number of nitriles is 1. The van der Waals surface area contributed by atoms with Crippen molar-refractivity contribution in [2.75, 3.05) is 11.4 Å². The molecular weight excluding hydrogens is 319 g/mol. The van der Waals surface area contributed by atoms with Crippen LogP contribution in [0.15, 0.2) is 42.6 Å². The zero-order chi connectivity index (χ0) is 17.3. The van der Waals surface area contributed by atoms with E-state index in [1.54, 1.807) is 18.2 Å². The van der Waals surface area contributed by atoms with E-state index in [4.69, 9.17) is 5.26 Å². The molecule has 1 saturated heterocycles. The number of halogens is 3. The predicted molar refractivity (Wildman–Crippen MR) is 81.1 cm³/mol.